The smallest absolute Gasteiger partial charge is 0.119 e. The second-order valence-electron chi connectivity index (χ2n) is 5.02. The lowest BCUT2D eigenvalue weighted by atomic mass is 10.0. The molecule has 2 rings (SSSR count). The van der Waals surface area contributed by atoms with E-state index in [2.05, 4.69) is 36.5 Å². The van der Waals surface area contributed by atoms with Crippen molar-refractivity contribution in [2.75, 3.05) is 13.2 Å². The number of nitrogens with one attached hydrogen (secondary N) is 1. The molecule has 3 heteroatoms. The maximum atomic E-state index is 5.91. The predicted octanol–water partition coefficient (Wildman–Crippen LogP) is 2.78. The van der Waals surface area contributed by atoms with Gasteiger partial charge in [0.05, 0.1) is 6.61 Å². The molecule has 0 spiro atoms. The first-order valence-corrected chi connectivity index (χ1v) is 7.17. The molecule has 1 aromatic carbocycles. The van der Waals surface area contributed by atoms with Crippen molar-refractivity contribution in [1.29, 1.82) is 0 Å². The molecule has 1 aliphatic rings. The number of nitrogens with two attached hydrogens (primary N) is 1. The summed E-state index contributed by atoms with van der Waals surface area (Å²) in [5, 5.41) is 3.62. The number of benzene rings is 1. The van der Waals surface area contributed by atoms with Gasteiger partial charge in [-0.25, -0.2) is 0 Å². The molecular formula is C16H24N2O. The molecule has 0 fully saturated rings. The molecule has 0 saturated carbocycles. The highest BCUT2D eigenvalue weighted by molar-refractivity contribution is 5.31. The van der Waals surface area contributed by atoms with Crippen LogP contribution in [-0.2, 0) is 0 Å². The minimum absolute atomic E-state index is 0.204. The van der Waals surface area contributed by atoms with Gasteiger partial charge >= 0.3 is 0 Å². The normalized spacial score (nSPS) is 16.7. The van der Waals surface area contributed by atoms with Crippen molar-refractivity contribution < 1.29 is 4.74 Å². The van der Waals surface area contributed by atoms with Crippen LogP contribution >= 0.6 is 0 Å². The zero-order chi connectivity index (χ0) is 13.5. The molecule has 0 radical (unpaired) electrons. The molecule has 0 amide bonds. The van der Waals surface area contributed by atoms with Gasteiger partial charge in [-0.2, -0.15) is 0 Å². The van der Waals surface area contributed by atoms with Crippen LogP contribution in [0, 0.1) is 0 Å². The van der Waals surface area contributed by atoms with E-state index in [-0.39, 0.29) is 6.04 Å². The molecule has 0 bridgehead atoms. The van der Waals surface area contributed by atoms with E-state index in [0.29, 0.717) is 12.6 Å². The summed E-state index contributed by atoms with van der Waals surface area (Å²) in [5.41, 5.74) is 7.12. The summed E-state index contributed by atoms with van der Waals surface area (Å²) in [7, 11) is 0. The Bertz CT molecular complexity index is 409. The van der Waals surface area contributed by atoms with Crippen molar-refractivity contribution in [1.82, 2.24) is 5.32 Å². The minimum atomic E-state index is 0.204. The van der Waals surface area contributed by atoms with Gasteiger partial charge in [0.1, 0.15) is 5.75 Å². The molecule has 3 N–H and O–H groups in total. The highest BCUT2D eigenvalue weighted by Gasteiger charge is 2.16. The molecular weight excluding hydrogens is 236 g/mol. The SMILES string of the molecule is CCCOc1cccc(C(CN)NC2CC=CC2)c1. The van der Waals surface area contributed by atoms with Crippen molar-refractivity contribution in [2.45, 2.75) is 38.3 Å². The first kappa shape index (κ1) is 14.1. The van der Waals surface area contributed by atoms with E-state index in [1.807, 2.05) is 12.1 Å². The number of hydrogen-bond donors (Lipinski definition) is 2. The molecule has 104 valence electrons. The Morgan fingerprint density at radius 1 is 1.37 bits per heavy atom. The van der Waals surface area contributed by atoms with E-state index in [9.17, 15) is 0 Å². The van der Waals surface area contributed by atoms with Gasteiger partial charge in [-0.3, -0.25) is 0 Å². The van der Waals surface area contributed by atoms with Gasteiger partial charge in [-0.15, -0.1) is 0 Å². The van der Waals surface area contributed by atoms with Crippen LogP contribution in [0.25, 0.3) is 0 Å². The Hall–Kier alpha value is -1.32. The monoisotopic (exact) mass is 260 g/mol. The van der Waals surface area contributed by atoms with E-state index < -0.39 is 0 Å². The second-order valence-corrected chi connectivity index (χ2v) is 5.02. The molecule has 19 heavy (non-hydrogen) atoms. The van der Waals surface area contributed by atoms with E-state index >= 15 is 0 Å². The number of rotatable bonds is 7. The van der Waals surface area contributed by atoms with Gasteiger partial charge in [0, 0.05) is 18.6 Å². The third kappa shape index (κ3) is 4.08. The minimum Gasteiger partial charge on any atom is -0.494 e. The van der Waals surface area contributed by atoms with Gasteiger partial charge < -0.3 is 15.8 Å². The van der Waals surface area contributed by atoms with Crippen molar-refractivity contribution in [3.8, 4) is 5.75 Å². The van der Waals surface area contributed by atoms with Gasteiger partial charge in [-0.1, -0.05) is 31.2 Å². The molecule has 1 atom stereocenters. The van der Waals surface area contributed by atoms with Crippen LogP contribution in [0.2, 0.25) is 0 Å². The maximum Gasteiger partial charge on any atom is 0.119 e. The number of ether oxygens (including phenoxy) is 1. The average Bonchev–Trinajstić information content (AvgIpc) is 2.96. The van der Waals surface area contributed by atoms with Crippen molar-refractivity contribution >= 4 is 0 Å². The van der Waals surface area contributed by atoms with Gasteiger partial charge in [0.25, 0.3) is 0 Å². The summed E-state index contributed by atoms with van der Waals surface area (Å²) < 4.78 is 5.68. The fourth-order valence-corrected chi connectivity index (χ4v) is 2.38. The zero-order valence-electron chi connectivity index (χ0n) is 11.6. The largest absolute Gasteiger partial charge is 0.494 e. The standard InChI is InChI=1S/C16H24N2O/c1-2-10-19-15-9-5-6-13(11-15)16(12-17)18-14-7-3-4-8-14/h3-6,9,11,14,16,18H,2,7-8,10,12,17H2,1H3. The van der Waals surface area contributed by atoms with Crippen molar-refractivity contribution in [3.05, 3.63) is 42.0 Å². The molecule has 1 unspecified atom stereocenters. The first-order valence-electron chi connectivity index (χ1n) is 7.17. The molecule has 1 aliphatic carbocycles. The fraction of sp³-hybridized carbons (Fsp3) is 0.500. The van der Waals surface area contributed by atoms with Crippen LogP contribution in [0.3, 0.4) is 0 Å². The zero-order valence-corrected chi connectivity index (χ0v) is 11.6. The van der Waals surface area contributed by atoms with Crippen LogP contribution in [0.4, 0.5) is 0 Å². The Morgan fingerprint density at radius 2 is 2.16 bits per heavy atom. The van der Waals surface area contributed by atoms with E-state index in [4.69, 9.17) is 10.5 Å². The molecule has 0 aliphatic heterocycles. The lowest BCUT2D eigenvalue weighted by Gasteiger charge is -2.22. The van der Waals surface area contributed by atoms with Crippen molar-refractivity contribution in [2.24, 2.45) is 5.73 Å². The van der Waals surface area contributed by atoms with Crippen LogP contribution in [0.5, 0.6) is 5.75 Å². The molecule has 3 nitrogen and oxygen atoms in total. The highest BCUT2D eigenvalue weighted by Crippen LogP contribution is 2.21. The average molecular weight is 260 g/mol. The summed E-state index contributed by atoms with van der Waals surface area (Å²) >= 11 is 0. The van der Waals surface area contributed by atoms with Gasteiger partial charge in [0.2, 0.25) is 0 Å². The first-order chi connectivity index (χ1) is 9.33. The summed E-state index contributed by atoms with van der Waals surface area (Å²) in [4.78, 5) is 0. The highest BCUT2D eigenvalue weighted by atomic mass is 16.5. The lowest BCUT2D eigenvalue weighted by molar-refractivity contribution is 0.316. The van der Waals surface area contributed by atoms with Crippen LogP contribution in [0.15, 0.2) is 36.4 Å². The summed E-state index contributed by atoms with van der Waals surface area (Å²) in [6, 6.07) is 8.99. The Kier molecular flexibility index (Phi) is 5.43. The van der Waals surface area contributed by atoms with Crippen molar-refractivity contribution in [3.63, 3.8) is 0 Å². The molecule has 0 heterocycles. The topological polar surface area (TPSA) is 47.3 Å². The predicted molar refractivity (Wildman–Crippen MR) is 79.3 cm³/mol. The quantitative estimate of drug-likeness (QED) is 0.741. The van der Waals surface area contributed by atoms with Gasteiger partial charge in [-0.05, 0) is 37.0 Å². The third-order valence-electron chi connectivity index (χ3n) is 3.41. The Morgan fingerprint density at radius 3 is 2.84 bits per heavy atom. The van der Waals surface area contributed by atoms with E-state index in [1.165, 1.54) is 5.56 Å². The summed E-state index contributed by atoms with van der Waals surface area (Å²) in [5.74, 6) is 0.934. The van der Waals surface area contributed by atoms with E-state index in [0.717, 1.165) is 31.6 Å². The molecule has 0 aromatic heterocycles. The Labute approximate surface area is 115 Å². The maximum absolute atomic E-state index is 5.91. The number of hydrogen-bond acceptors (Lipinski definition) is 3. The summed E-state index contributed by atoms with van der Waals surface area (Å²) in [6.07, 6.45) is 7.68. The second kappa shape index (κ2) is 7.31. The van der Waals surface area contributed by atoms with E-state index in [1.54, 1.807) is 0 Å². The molecule has 0 saturated heterocycles. The summed E-state index contributed by atoms with van der Waals surface area (Å²) in [6.45, 7) is 3.48. The third-order valence-corrected chi connectivity index (χ3v) is 3.41. The van der Waals surface area contributed by atoms with Crippen LogP contribution < -0.4 is 15.8 Å². The van der Waals surface area contributed by atoms with Crippen LogP contribution in [0.1, 0.15) is 37.8 Å². The van der Waals surface area contributed by atoms with Gasteiger partial charge in [0.15, 0.2) is 0 Å². The lowest BCUT2D eigenvalue weighted by Crippen LogP contribution is -2.35. The molecule has 1 aromatic rings. The fourth-order valence-electron chi connectivity index (χ4n) is 2.38. The Balaban J connectivity index is 2.00. The van der Waals surface area contributed by atoms with Crippen LogP contribution in [-0.4, -0.2) is 19.2 Å².